The van der Waals surface area contributed by atoms with Crippen molar-refractivity contribution in [3.63, 3.8) is 0 Å². The summed E-state index contributed by atoms with van der Waals surface area (Å²) in [5, 5.41) is 4.90. The molecule has 0 fully saturated rings. The van der Waals surface area contributed by atoms with Gasteiger partial charge in [0, 0.05) is 38.5 Å². The van der Waals surface area contributed by atoms with Crippen molar-refractivity contribution in [3.05, 3.63) is 223 Å². The maximum Gasteiger partial charge on any atom is 0.160 e. The zero-order chi connectivity index (χ0) is 39.9. The van der Waals surface area contributed by atoms with Crippen molar-refractivity contribution in [2.75, 3.05) is 0 Å². The van der Waals surface area contributed by atoms with Gasteiger partial charge in [-0.2, -0.15) is 0 Å². The smallest absolute Gasteiger partial charge is 0.160 e. The lowest BCUT2D eigenvalue weighted by Gasteiger charge is -2.15. The second kappa shape index (κ2) is 15.1. The predicted octanol–water partition coefficient (Wildman–Crippen LogP) is 14.1. The number of nitrogens with zero attached hydrogens (tertiary/aromatic N) is 4. The molecule has 0 saturated heterocycles. The summed E-state index contributed by atoms with van der Waals surface area (Å²) >= 11 is 0. The van der Waals surface area contributed by atoms with Crippen LogP contribution in [-0.2, 0) is 0 Å². The number of aromatic nitrogens is 2. The fraction of sp³-hybridized carbons (Fsp3) is 0.0545. The molecule has 0 atom stereocenters. The molecule has 0 spiro atoms. The number of rotatable bonds is 8. The van der Waals surface area contributed by atoms with Gasteiger partial charge in [-0.15, -0.1) is 0 Å². The second-order valence-corrected chi connectivity index (χ2v) is 15.3. The average Bonchev–Trinajstić information content (AvgIpc) is 3.79. The Kier molecular flexibility index (Phi) is 9.15. The normalized spacial score (nSPS) is 12.3. The first kappa shape index (κ1) is 35.8. The van der Waals surface area contributed by atoms with Gasteiger partial charge in [-0.1, -0.05) is 172 Å². The summed E-state index contributed by atoms with van der Waals surface area (Å²) in [6.07, 6.45) is 0. The maximum atomic E-state index is 5.36. The van der Waals surface area contributed by atoms with Crippen LogP contribution < -0.4 is 0 Å². The SMILES string of the molecule is C=C(N=C(N=C(c1cccc(-n2c3ccccc3c3cc4c5ccccc5n(-c5cccc(-c6ccccc6)c5)c4cc32)c1)C(C)C)c1ccccc1)c1ccccc1. The van der Waals surface area contributed by atoms with Crippen LogP contribution in [0.5, 0.6) is 0 Å². The first-order valence-corrected chi connectivity index (χ1v) is 20.2. The highest BCUT2D eigenvalue weighted by molar-refractivity contribution is 6.19. The Labute approximate surface area is 344 Å². The zero-order valence-corrected chi connectivity index (χ0v) is 33.1. The van der Waals surface area contributed by atoms with E-state index in [0.29, 0.717) is 11.5 Å². The van der Waals surface area contributed by atoms with E-state index in [1.165, 1.54) is 38.2 Å². The molecular weight excluding hydrogens is 717 g/mol. The van der Waals surface area contributed by atoms with Crippen LogP contribution in [-0.4, -0.2) is 20.7 Å². The fourth-order valence-electron chi connectivity index (χ4n) is 8.45. The molecule has 0 aliphatic carbocycles. The number of para-hydroxylation sites is 2. The summed E-state index contributed by atoms with van der Waals surface area (Å²) in [5.41, 5.74) is 13.8. The van der Waals surface area contributed by atoms with Gasteiger partial charge in [0.2, 0.25) is 0 Å². The first-order chi connectivity index (χ1) is 29.0. The van der Waals surface area contributed by atoms with Crippen LogP contribution in [0.4, 0.5) is 0 Å². The second-order valence-electron chi connectivity index (χ2n) is 15.3. The predicted molar refractivity (Wildman–Crippen MR) is 250 cm³/mol. The van der Waals surface area contributed by atoms with E-state index < -0.39 is 0 Å². The topological polar surface area (TPSA) is 34.6 Å². The van der Waals surface area contributed by atoms with Crippen LogP contribution in [0.3, 0.4) is 0 Å². The minimum Gasteiger partial charge on any atom is -0.309 e. The molecule has 4 nitrogen and oxygen atoms in total. The lowest BCUT2D eigenvalue weighted by molar-refractivity contribution is 0.886. The molecule has 0 unspecified atom stereocenters. The molecular formula is C55H42N4. The van der Waals surface area contributed by atoms with E-state index >= 15 is 0 Å². The van der Waals surface area contributed by atoms with E-state index in [2.05, 4.69) is 181 Å². The maximum absolute atomic E-state index is 5.36. The molecule has 0 aliphatic heterocycles. The highest BCUT2D eigenvalue weighted by atomic mass is 15.0. The molecule has 10 rings (SSSR count). The molecule has 2 aromatic heterocycles. The molecule has 8 aromatic carbocycles. The molecule has 59 heavy (non-hydrogen) atoms. The van der Waals surface area contributed by atoms with Crippen molar-refractivity contribution in [1.82, 2.24) is 9.13 Å². The van der Waals surface area contributed by atoms with Gasteiger partial charge in [0.15, 0.2) is 5.84 Å². The number of fused-ring (bicyclic) bond motifs is 6. The molecule has 0 N–H and O–H groups in total. The average molecular weight is 759 g/mol. The molecule has 10 aromatic rings. The van der Waals surface area contributed by atoms with Crippen molar-refractivity contribution < 1.29 is 0 Å². The van der Waals surface area contributed by atoms with Crippen LogP contribution in [0.25, 0.3) is 71.8 Å². The van der Waals surface area contributed by atoms with Gasteiger partial charge in [-0.05, 0) is 76.7 Å². The number of benzene rings is 8. The fourth-order valence-corrected chi connectivity index (χ4v) is 8.45. The Morgan fingerprint density at radius 2 is 0.898 bits per heavy atom. The van der Waals surface area contributed by atoms with Gasteiger partial charge < -0.3 is 9.13 Å². The highest BCUT2D eigenvalue weighted by Gasteiger charge is 2.20. The monoisotopic (exact) mass is 758 g/mol. The van der Waals surface area contributed by atoms with Gasteiger partial charge in [0.1, 0.15) is 0 Å². The summed E-state index contributed by atoms with van der Waals surface area (Å²) in [6.45, 7) is 8.73. The van der Waals surface area contributed by atoms with E-state index in [0.717, 1.165) is 50.3 Å². The summed E-state index contributed by atoms with van der Waals surface area (Å²) < 4.78 is 4.84. The third kappa shape index (κ3) is 6.55. The van der Waals surface area contributed by atoms with E-state index in [-0.39, 0.29) is 5.92 Å². The van der Waals surface area contributed by atoms with Crippen molar-refractivity contribution in [2.24, 2.45) is 15.9 Å². The van der Waals surface area contributed by atoms with Gasteiger partial charge >= 0.3 is 0 Å². The van der Waals surface area contributed by atoms with Crippen molar-refractivity contribution >= 4 is 60.9 Å². The van der Waals surface area contributed by atoms with E-state index in [1.54, 1.807) is 0 Å². The largest absolute Gasteiger partial charge is 0.309 e. The van der Waals surface area contributed by atoms with Gasteiger partial charge in [0.25, 0.3) is 0 Å². The summed E-state index contributed by atoms with van der Waals surface area (Å²) in [6, 6.07) is 70.9. The Balaban J connectivity index is 1.17. The van der Waals surface area contributed by atoms with E-state index in [1.807, 2.05) is 48.5 Å². The Hall–Kier alpha value is -7.56. The number of hydrogen-bond donors (Lipinski definition) is 0. The number of aliphatic imine (C=N–C) groups is 2. The van der Waals surface area contributed by atoms with Crippen LogP contribution in [0.1, 0.15) is 30.5 Å². The van der Waals surface area contributed by atoms with Crippen LogP contribution >= 0.6 is 0 Å². The minimum atomic E-state index is 0.115. The third-order valence-electron chi connectivity index (χ3n) is 11.2. The van der Waals surface area contributed by atoms with Gasteiger partial charge in [0.05, 0.1) is 33.5 Å². The quantitative estimate of drug-likeness (QED) is 0.109. The first-order valence-electron chi connectivity index (χ1n) is 20.2. The molecule has 2 heterocycles. The summed E-state index contributed by atoms with van der Waals surface area (Å²) in [7, 11) is 0. The zero-order valence-electron chi connectivity index (χ0n) is 33.1. The van der Waals surface area contributed by atoms with Crippen LogP contribution in [0, 0.1) is 5.92 Å². The van der Waals surface area contributed by atoms with Crippen molar-refractivity contribution in [1.29, 1.82) is 0 Å². The Morgan fingerprint density at radius 1 is 0.407 bits per heavy atom. The molecule has 4 heteroatoms. The highest BCUT2D eigenvalue weighted by Crippen LogP contribution is 2.40. The molecule has 0 radical (unpaired) electrons. The summed E-state index contributed by atoms with van der Waals surface area (Å²) in [5.74, 6) is 0.751. The third-order valence-corrected chi connectivity index (χ3v) is 11.2. The lowest BCUT2D eigenvalue weighted by Crippen LogP contribution is -2.14. The van der Waals surface area contributed by atoms with Crippen LogP contribution in [0.15, 0.2) is 217 Å². The minimum absolute atomic E-state index is 0.115. The molecule has 0 amide bonds. The number of hydrogen-bond acceptors (Lipinski definition) is 1. The molecule has 0 saturated carbocycles. The van der Waals surface area contributed by atoms with Crippen molar-refractivity contribution in [2.45, 2.75) is 13.8 Å². The lowest BCUT2D eigenvalue weighted by atomic mass is 9.99. The molecule has 0 aliphatic rings. The Bertz CT molecular complexity index is 3240. The van der Waals surface area contributed by atoms with E-state index in [4.69, 9.17) is 9.98 Å². The van der Waals surface area contributed by atoms with Gasteiger partial charge in [-0.25, -0.2) is 9.98 Å². The standard InChI is InChI=1S/C55H42N4/c1-37(2)54(57-55(41-23-11-6-12-24-41)56-38(3)39-19-7-4-8-20-39)43-26-18-28-45(34-43)59-51-32-16-14-30-47(51)49-35-48-46-29-13-15-31-50(46)58(52(48)36-53(49)59)44-27-17-25-42(33-44)40-21-9-5-10-22-40/h4-37H,3H2,1-2H3. The van der Waals surface area contributed by atoms with E-state index in [9.17, 15) is 0 Å². The molecule has 282 valence electrons. The van der Waals surface area contributed by atoms with Gasteiger partial charge in [-0.3, -0.25) is 0 Å². The molecule has 0 bridgehead atoms. The van der Waals surface area contributed by atoms with Crippen LogP contribution in [0.2, 0.25) is 0 Å². The van der Waals surface area contributed by atoms with Crippen molar-refractivity contribution in [3.8, 4) is 22.5 Å². The Morgan fingerprint density at radius 3 is 1.51 bits per heavy atom. The number of amidine groups is 1. The summed E-state index contributed by atoms with van der Waals surface area (Å²) in [4.78, 5) is 10.4.